The highest BCUT2D eigenvalue weighted by Crippen LogP contribution is 2.20. The van der Waals surface area contributed by atoms with E-state index in [-0.39, 0.29) is 17.8 Å². The second-order valence-corrected chi connectivity index (χ2v) is 4.58. The lowest BCUT2D eigenvalue weighted by molar-refractivity contribution is 0.0989. The maximum Gasteiger partial charge on any atom is 0.170 e. The third kappa shape index (κ3) is 2.77. The van der Waals surface area contributed by atoms with E-state index < -0.39 is 5.82 Å². The Labute approximate surface area is 110 Å². The summed E-state index contributed by atoms with van der Waals surface area (Å²) in [4.78, 5) is 12.0. The van der Waals surface area contributed by atoms with Gasteiger partial charge in [-0.15, -0.1) is 0 Å². The SMILES string of the molecule is Cc1ccc(CC(=O)c2ccccc2F)c(Cl)c1. The van der Waals surface area contributed by atoms with E-state index in [0.717, 1.165) is 11.1 Å². The summed E-state index contributed by atoms with van der Waals surface area (Å²) < 4.78 is 13.5. The van der Waals surface area contributed by atoms with E-state index in [1.165, 1.54) is 12.1 Å². The number of hydrogen-bond donors (Lipinski definition) is 0. The summed E-state index contributed by atoms with van der Waals surface area (Å²) in [5.74, 6) is -0.760. The van der Waals surface area contributed by atoms with Crippen LogP contribution in [0.1, 0.15) is 21.5 Å². The van der Waals surface area contributed by atoms with Crippen molar-refractivity contribution in [1.82, 2.24) is 0 Å². The average molecular weight is 263 g/mol. The Morgan fingerprint density at radius 2 is 1.94 bits per heavy atom. The highest BCUT2D eigenvalue weighted by atomic mass is 35.5. The molecule has 0 fully saturated rings. The molecule has 0 aliphatic heterocycles. The molecule has 18 heavy (non-hydrogen) atoms. The van der Waals surface area contributed by atoms with Gasteiger partial charge in [0.2, 0.25) is 0 Å². The molecule has 0 spiro atoms. The van der Waals surface area contributed by atoms with Crippen LogP contribution in [0, 0.1) is 12.7 Å². The zero-order valence-corrected chi connectivity index (χ0v) is 10.7. The first kappa shape index (κ1) is 12.8. The topological polar surface area (TPSA) is 17.1 Å². The zero-order valence-electron chi connectivity index (χ0n) is 9.91. The van der Waals surface area contributed by atoms with Gasteiger partial charge in [-0.3, -0.25) is 4.79 Å². The first-order chi connectivity index (χ1) is 8.58. The largest absolute Gasteiger partial charge is 0.294 e. The molecular weight excluding hydrogens is 251 g/mol. The molecule has 0 saturated carbocycles. The van der Waals surface area contributed by atoms with Crippen LogP contribution in [0.4, 0.5) is 4.39 Å². The number of carbonyl (C=O) groups excluding carboxylic acids is 1. The molecule has 0 amide bonds. The van der Waals surface area contributed by atoms with Gasteiger partial charge < -0.3 is 0 Å². The standard InChI is InChI=1S/C15H12ClFO/c1-10-6-7-11(13(16)8-10)9-15(18)12-4-2-3-5-14(12)17/h2-8H,9H2,1H3. The second kappa shape index (κ2) is 5.32. The fourth-order valence-corrected chi connectivity index (χ4v) is 2.05. The number of halogens is 2. The Balaban J connectivity index is 2.24. The molecule has 92 valence electrons. The molecule has 0 saturated heterocycles. The summed E-state index contributed by atoms with van der Waals surface area (Å²) >= 11 is 6.05. The van der Waals surface area contributed by atoms with Crippen molar-refractivity contribution in [2.45, 2.75) is 13.3 Å². The molecule has 0 N–H and O–H groups in total. The Hall–Kier alpha value is -1.67. The van der Waals surface area contributed by atoms with Gasteiger partial charge in [-0.1, -0.05) is 35.9 Å². The highest BCUT2D eigenvalue weighted by Gasteiger charge is 2.13. The third-order valence-corrected chi connectivity index (χ3v) is 3.09. The molecule has 0 aliphatic rings. The van der Waals surface area contributed by atoms with Crippen molar-refractivity contribution in [3.63, 3.8) is 0 Å². The lowest BCUT2D eigenvalue weighted by Crippen LogP contribution is -2.06. The third-order valence-electron chi connectivity index (χ3n) is 2.73. The normalized spacial score (nSPS) is 10.4. The number of ketones is 1. The van der Waals surface area contributed by atoms with Crippen molar-refractivity contribution in [2.24, 2.45) is 0 Å². The van der Waals surface area contributed by atoms with Gasteiger partial charge >= 0.3 is 0 Å². The Morgan fingerprint density at radius 3 is 2.61 bits per heavy atom. The fraction of sp³-hybridized carbons (Fsp3) is 0.133. The van der Waals surface area contributed by atoms with Gasteiger partial charge in [-0.25, -0.2) is 4.39 Å². The van der Waals surface area contributed by atoms with Crippen molar-refractivity contribution in [1.29, 1.82) is 0 Å². The van der Waals surface area contributed by atoms with Gasteiger partial charge in [0, 0.05) is 11.4 Å². The highest BCUT2D eigenvalue weighted by molar-refractivity contribution is 6.31. The van der Waals surface area contributed by atoms with Crippen molar-refractivity contribution in [2.75, 3.05) is 0 Å². The molecule has 0 atom stereocenters. The minimum absolute atomic E-state index is 0.106. The summed E-state index contributed by atoms with van der Waals surface area (Å²) in [6.07, 6.45) is 0.111. The smallest absolute Gasteiger partial charge is 0.170 e. The summed E-state index contributed by atoms with van der Waals surface area (Å²) in [7, 11) is 0. The summed E-state index contributed by atoms with van der Waals surface area (Å²) in [6, 6.07) is 11.5. The first-order valence-electron chi connectivity index (χ1n) is 5.60. The van der Waals surface area contributed by atoms with E-state index in [4.69, 9.17) is 11.6 Å². The van der Waals surface area contributed by atoms with E-state index in [1.54, 1.807) is 24.3 Å². The molecule has 0 aromatic heterocycles. The predicted molar refractivity (Wildman–Crippen MR) is 70.6 cm³/mol. The van der Waals surface area contributed by atoms with E-state index >= 15 is 0 Å². The Morgan fingerprint density at radius 1 is 1.22 bits per heavy atom. The molecular formula is C15H12ClFO. The number of benzene rings is 2. The summed E-state index contributed by atoms with van der Waals surface area (Å²) in [5.41, 5.74) is 1.85. The molecule has 1 nitrogen and oxygen atoms in total. The Kier molecular flexibility index (Phi) is 3.78. The van der Waals surface area contributed by atoms with E-state index in [0.29, 0.717) is 5.02 Å². The molecule has 3 heteroatoms. The van der Waals surface area contributed by atoms with Gasteiger partial charge in [0.05, 0.1) is 5.56 Å². The maximum absolute atomic E-state index is 13.5. The fourth-order valence-electron chi connectivity index (χ4n) is 1.75. The van der Waals surface area contributed by atoms with Crippen LogP contribution >= 0.6 is 11.6 Å². The van der Waals surface area contributed by atoms with Gasteiger partial charge in [0.1, 0.15) is 5.82 Å². The lowest BCUT2D eigenvalue weighted by Gasteiger charge is -2.05. The molecule has 0 aliphatic carbocycles. The van der Waals surface area contributed by atoms with Crippen molar-refractivity contribution < 1.29 is 9.18 Å². The van der Waals surface area contributed by atoms with Crippen LogP contribution < -0.4 is 0 Å². The van der Waals surface area contributed by atoms with Crippen LogP contribution in [0.5, 0.6) is 0 Å². The summed E-state index contributed by atoms with van der Waals surface area (Å²) in [5, 5.41) is 0.541. The van der Waals surface area contributed by atoms with Crippen LogP contribution in [0.3, 0.4) is 0 Å². The maximum atomic E-state index is 13.5. The number of hydrogen-bond acceptors (Lipinski definition) is 1. The van der Waals surface area contributed by atoms with Crippen LogP contribution in [0.15, 0.2) is 42.5 Å². The van der Waals surface area contributed by atoms with Crippen molar-refractivity contribution in [3.05, 3.63) is 70.0 Å². The quantitative estimate of drug-likeness (QED) is 0.757. The van der Waals surface area contributed by atoms with Crippen molar-refractivity contribution in [3.8, 4) is 0 Å². The molecule has 2 rings (SSSR count). The lowest BCUT2D eigenvalue weighted by atomic mass is 10.0. The zero-order chi connectivity index (χ0) is 13.1. The number of rotatable bonds is 3. The van der Waals surface area contributed by atoms with E-state index in [9.17, 15) is 9.18 Å². The number of carbonyl (C=O) groups is 1. The molecule has 0 radical (unpaired) electrons. The van der Waals surface area contributed by atoms with Gasteiger partial charge in [0.25, 0.3) is 0 Å². The second-order valence-electron chi connectivity index (χ2n) is 4.17. The minimum atomic E-state index is -0.495. The predicted octanol–water partition coefficient (Wildman–Crippen LogP) is 4.21. The number of Topliss-reactive ketones (excluding diaryl/α,β-unsaturated/α-hetero) is 1. The Bertz CT molecular complexity index is 593. The van der Waals surface area contributed by atoms with Gasteiger partial charge in [-0.2, -0.15) is 0 Å². The van der Waals surface area contributed by atoms with Crippen molar-refractivity contribution >= 4 is 17.4 Å². The molecule has 2 aromatic carbocycles. The minimum Gasteiger partial charge on any atom is -0.294 e. The van der Waals surface area contributed by atoms with Gasteiger partial charge in [-0.05, 0) is 36.2 Å². The average Bonchev–Trinajstić information content (AvgIpc) is 2.33. The van der Waals surface area contributed by atoms with Crippen LogP contribution in [0.25, 0.3) is 0 Å². The molecule has 0 bridgehead atoms. The van der Waals surface area contributed by atoms with Gasteiger partial charge in [0.15, 0.2) is 5.78 Å². The summed E-state index contributed by atoms with van der Waals surface area (Å²) in [6.45, 7) is 1.92. The van der Waals surface area contributed by atoms with Crippen LogP contribution in [-0.4, -0.2) is 5.78 Å². The van der Waals surface area contributed by atoms with E-state index in [1.807, 2.05) is 13.0 Å². The molecule has 0 heterocycles. The van der Waals surface area contributed by atoms with Crippen LogP contribution in [0.2, 0.25) is 5.02 Å². The monoisotopic (exact) mass is 262 g/mol. The first-order valence-corrected chi connectivity index (χ1v) is 5.98. The molecule has 0 unspecified atom stereocenters. The number of aryl methyl sites for hydroxylation is 1. The van der Waals surface area contributed by atoms with Crippen LogP contribution in [-0.2, 0) is 6.42 Å². The molecule has 2 aromatic rings. The van der Waals surface area contributed by atoms with E-state index in [2.05, 4.69) is 0 Å².